The standard InChI is InChI=1S/C17H27N3O2S/c1-7-23-14(18)19-13-10-8-9-12(11-13)17(5,6)20-15(21)22-16(2,3)4/h8-11H,7H2,1-6H3,(H2,18,19)(H,20,21). The zero-order valence-electron chi connectivity index (χ0n) is 14.8. The number of thioether (sulfide) groups is 1. The zero-order chi connectivity index (χ0) is 17.7. The third-order valence-corrected chi connectivity index (χ3v) is 3.59. The third-order valence-electron chi connectivity index (χ3n) is 2.91. The van der Waals surface area contributed by atoms with Gasteiger partial charge in [-0.1, -0.05) is 30.8 Å². The molecule has 0 aliphatic rings. The molecule has 0 aromatic heterocycles. The fourth-order valence-electron chi connectivity index (χ4n) is 1.90. The van der Waals surface area contributed by atoms with Gasteiger partial charge in [-0.3, -0.25) is 0 Å². The molecule has 128 valence electrons. The van der Waals surface area contributed by atoms with Crippen molar-refractivity contribution in [3.05, 3.63) is 29.8 Å². The quantitative estimate of drug-likeness (QED) is 0.639. The van der Waals surface area contributed by atoms with Crippen LogP contribution in [-0.2, 0) is 10.3 Å². The number of hydrogen-bond acceptors (Lipinski definition) is 4. The smallest absolute Gasteiger partial charge is 0.408 e. The molecule has 0 saturated carbocycles. The van der Waals surface area contributed by atoms with E-state index >= 15 is 0 Å². The Balaban J connectivity index is 2.92. The predicted octanol–water partition coefficient (Wildman–Crippen LogP) is 4.15. The molecule has 0 heterocycles. The maximum Gasteiger partial charge on any atom is 0.408 e. The molecule has 0 spiro atoms. The summed E-state index contributed by atoms with van der Waals surface area (Å²) >= 11 is 1.49. The molecule has 1 amide bonds. The van der Waals surface area contributed by atoms with Crippen LogP contribution < -0.4 is 11.1 Å². The van der Waals surface area contributed by atoms with E-state index in [-0.39, 0.29) is 0 Å². The van der Waals surface area contributed by atoms with Gasteiger partial charge in [-0.15, -0.1) is 0 Å². The van der Waals surface area contributed by atoms with Gasteiger partial charge in [0.1, 0.15) is 5.60 Å². The maximum absolute atomic E-state index is 12.0. The summed E-state index contributed by atoms with van der Waals surface area (Å²) < 4.78 is 5.32. The summed E-state index contributed by atoms with van der Waals surface area (Å²) in [5.74, 6) is 0.876. The number of benzene rings is 1. The highest BCUT2D eigenvalue weighted by Gasteiger charge is 2.26. The molecule has 23 heavy (non-hydrogen) atoms. The van der Waals surface area contributed by atoms with Gasteiger partial charge < -0.3 is 15.8 Å². The first-order valence-corrected chi connectivity index (χ1v) is 8.61. The van der Waals surface area contributed by atoms with Crippen molar-refractivity contribution in [2.75, 3.05) is 5.75 Å². The van der Waals surface area contributed by atoms with E-state index in [2.05, 4.69) is 10.3 Å². The molecule has 0 bridgehead atoms. The first-order valence-electron chi connectivity index (χ1n) is 7.62. The second kappa shape index (κ2) is 7.73. The minimum Gasteiger partial charge on any atom is -0.444 e. The van der Waals surface area contributed by atoms with E-state index in [1.165, 1.54) is 11.8 Å². The molecule has 0 radical (unpaired) electrons. The molecule has 1 aromatic rings. The van der Waals surface area contributed by atoms with Crippen LogP contribution in [0.25, 0.3) is 0 Å². The summed E-state index contributed by atoms with van der Waals surface area (Å²) in [6.45, 7) is 11.4. The number of hydrogen-bond donors (Lipinski definition) is 2. The first kappa shape index (κ1) is 19.4. The Morgan fingerprint density at radius 2 is 1.96 bits per heavy atom. The molecule has 0 aliphatic heterocycles. The fourth-order valence-corrected chi connectivity index (χ4v) is 2.37. The van der Waals surface area contributed by atoms with Gasteiger partial charge in [-0.25, -0.2) is 9.79 Å². The van der Waals surface area contributed by atoms with Gasteiger partial charge in [0, 0.05) is 0 Å². The molecule has 3 N–H and O–H groups in total. The van der Waals surface area contributed by atoms with E-state index in [4.69, 9.17) is 10.5 Å². The van der Waals surface area contributed by atoms with Crippen LogP contribution in [0, 0.1) is 0 Å². The summed E-state index contributed by atoms with van der Waals surface area (Å²) in [4.78, 5) is 16.4. The Bertz CT molecular complexity index is 577. The van der Waals surface area contributed by atoms with E-state index in [1.54, 1.807) is 0 Å². The maximum atomic E-state index is 12.0. The largest absolute Gasteiger partial charge is 0.444 e. The second-order valence-corrected chi connectivity index (χ2v) is 7.97. The second-order valence-electron chi connectivity index (χ2n) is 6.69. The van der Waals surface area contributed by atoms with Crippen LogP contribution >= 0.6 is 11.8 Å². The molecule has 6 heteroatoms. The number of alkyl carbamates (subject to hydrolysis) is 1. The highest BCUT2D eigenvalue weighted by molar-refractivity contribution is 8.13. The lowest BCUT2D eigenvalue weighted by Crippen LogP contribution is -2.43. The van der Waals surface area contributed by atoms with Gasteiger partial charge >= 0.3 is 6.09 Å². The summed E-state index contributed by atoms with van der Waals surface area (Å²) in [5, 5.41) is 3.42. The van der Waals surface area contributed by atoms with E-state index in [0.717, 1.165) is 17.0 Å². The highest BCUT2D eigenvalue weighted by atomic mass is 32.2. The molecule has 0 aliphatic carbocycles. The molecule has 0 unspecified atom stereocenters. The van der Waals surface area contributed by atoms with Crippen molar-refractivity contribution in [3.8, 4) is 0 Å². The number of amides is 1. The monoisotopic (exact) mass is 337 g/mol. The molecular weight excluding hydrogens is 310 g/mol. The van der Waals surface area contributed by atoms with E-state index in [1.807, 2.05) is 65.8 Å². The lowest BCUT2D eigenvalue weighted by Gasteiger charge is -2.29. The van der Waals surface area contributed by atoms with E-state index in [9.17, 15) is 4.79 Å². The summed E-state index contributed by atoms with van der Waals surface area (Å²) in [5.41, 5.74) is 6.43. The van der Waals surface area contributed by atoms with Crippen LogP contribution in [0.5, 0.6) is 0 Å². The third kappa shape index (κ3) is 6.95. The van der Waals surface area contributed by atoms with E-state index in [0.29, 0.717) is 5.17 Å². The minimum atomic E-state index is -0.583. The number of nitrogens with zero attached hydrogens (tertiary/aromatic N) is 1. The van der Waals surface area contributed by atoms with E-state index < -0.39 is 17.2 Å². The SMILES string of the molecule is CCSC(N)=Nc1cccc(C(C)(C)NC(=O)OC(C)(C)C)c1. The van der Waals surface area contributed by atoms with Crippen molar-refractivity contribution in [2.24, 2.45) is 10.7 Å². The Hall–Kier alpha value is -1.69. The van der Waals surface area contributed by atoms with Crippen LogP contribution in [-0.4, -0.2) is 22.6 Å². The Labute approximate surface area is 143 Å². The Kier molecular flexibility index (Phi) is 6.50. The van der Waals surface area contributed by atoms with Crippen molar-refractivity contribution < 1.29 is 9.53 Å². The van der Waals surface area contributed by atoms with Crippen LogP contribution in [0.15, 0.2) is 29.3 Å². The normalized spacial score (nSPS) is 12.9. The number of carbonyl (C=O) groups excluding carboxylic acids is 1. The predicted molar refractivity (Wildman–Crippen MR) is 98.3 cm³/mol. The Morgan fingerprint density at radius 1 is 1.30 bits per heavy atom. The van der Waals surface area contributed by atoms with Crippen LogP contribution in [0.4, 0.5) is 10.5 Å². The lowest BCUT2D eigenvalue weighted by atomic mass is 9.94. The molecule has 0 saturated heterocycles. The van der Waals surface area contributed by atoms with Gasteiger partial charge in [0.2, 0.25) is 0 Å². The number of nitrogens with two attached hydrogens (primary N) is 1. The number of carbonyl (C=O) groups is 1. The summed E-state index contributed by atoms with van der Waals surface area (Å²) in [7, 11) is 0. The molecule has 1 aromatic carbocycles. The summed E-state index contributed by atoms with van der Waals surface area (Å²) in [6, 6.07) is 7.65. The molecule has 5 nitrogen and oxygen atoms in total. The van der Waals surface area contributed by atoms with Gasteiger partial charge in [-0.2, -0.15) is 0 Å². The van der Waals surface area contributed by atoms with Crippen molar-refractivity contribution in [1.29, 1.82) is 0 Å². The Morgan fingerprint density at radius 3 is 2.52 bits per heavy atom. The number of ether oxygens (including phenoxy) is 1. The van der Waals surface area contributed by atoms with Crippen LogP contribution in [0.2, 0.25) is 0 Å². The average molecular weight is 337 g/mol. The highest BCUT2D eigenvalue weighted by Crippen LogP contribution is 2.25. The van der Waals surface area contributed by atoms with Crippen LogP contribution in [0.1, 0.15) is 47.1 Å². The van der Waals surface area contributed by atoms with Crippen molar-refractivity contribution in [3.63, 3.8) is 0 Å². The number of nitrogens with one attached hydrogen (secondary N) is 1. The van der Waals surface area contributed by atoms with Crippen molar-refractivity contribution in [2.45, 2.75) is 52.7 Å². The lowest BCUT2D eigenvalue weighted by molar-refractivity contribution is 0.0470. The fraction of sp³-hybridized carbons (Fsp3) is 0.529. The molecule has 0 atom stereocenters. The minimum absolute atomic E-state index is 0.447. The van der Waals surface area contributed by atoms with Gasteiger partial charge in [0.05, 0.1) is 11.2 Å². The van der Waals surface area contributed by atoms with Crippen molar-refractivity contribution in [1.82, 2.24) is 5.32 Å². The molecular formula is C17H27N3O2S. The number of rotatable bonds is 4. The van der Waals surface area contributed by atoms with Crippen LogP contribution in [0.3, 0.4) is 0 Å². The summed E-state index contributed by atoms with van der Waals surface area (Å²) in [6.07, 6.45) is -0.447. The van der Waals surface area contributed by atoms with Gasteiger partial charge in [0.15, 0.2) is 5.17 Å². The molecule has 0 fully saturated rings. The number of amidine groups is 1. The number of aliphatic imine (C=N–C) groups is 1. The average Bonchev–Trinajstić information content (AvgIpc) is 2.36. The molecule has 1 rings (SSSR count). The van der Waals surface area contributed by atoms with Gasteiger partial charge in [0.25, 0.3) is 0 Å². The van der Waals surface area contributed by atoms with Gasteiger partial charge in [-0.05, 0) is 58.1 Å². The van der Waals surface area contributed by atoms with Crippen molar-refractivity contribution >= 4 is 28.7 Å². The zero-order valence-corrected chi connectivity index (χ0v) is 15.6. The topological polar surface area (TPSA) is 76.7 Å². The first-order chi connectivity index (χ1) is 10.5.